The zero-order chi connectivity index (χ0) is 11.5. The fourth-order valence-electron chi connectivity index (χ4n) is 1.13. The molecule has 0 aliphatic carbocycles. The normalized spacial score (nSPS) is 12.1. The molecule has 2 heteroatoms. The summed E-state index contributed by atoms with van der Waals surface area (Å²) in [6.07, 6.45) is 1.93. The predicted octanol–water partition coefficient (Wildman–Crippen LogP) is 2.97. The summed E-state index contributed by atoms with van der Waals surface area (Å²) < 4.78 is 0. The molecule has 0 aliphatic rings. The maximum atomic E-state index is 4.46. The summed E-state index contributed by atoms with van der Waals surface area (Å²) in [5.74, 6) is 0. The molecule has 0 aromatic heterocycles. The molecule has 0 bridgehead atoms. The Morgan fingerprint density at radius 3 is 2.00 bits per heavy atom. The topological polar surface area (TPSA) is 15.6 Å². The first-order valence-electron chi connectivity index (χ1n) is 5.21. The summed E-state index contributed by atoms with van der Waals surface area (Å²) >= 11 is 0. The SMILES string of the molecule is CN(C)c1ccc(C=NC(C)(C)C)cc1. The zero-order valence-corrected chi connectivity index (χ0v) is 10.3. The first kappa shape index (κ1) is 11.8. The highest BCUT2D eigenvalue weighted by Gasteiger charge is 2.04. The summed E-state index contributed by atoms with van der Waals surface area (Å²) in [5.41, 5.74) is 2.36. The van der Waals surface area contributed by atoms with E-state index in [9.17, 15) is 0 Å². The van der Waals surface area contributed by atoms with Crippen LogP contribution in [-0.4, -0.2) is 25.8 Å². The number of hydrogen-bond donors (Lipinski definition) is 0. The first-order chi connectivity index (χ1) is 6.88. The molecule has 0 unspecified atom stereocenters. The molecule has 1 aromatic carbocycles. The van der Waals surface area contributed by atoms with Crippen molar-refractivity contribution in [3.05, 3.63) is 29.8 Å². The highest BCUT2D eigenvalue weighted by Crippen LogP contribution is 2.12. The lowest BCUT2D eigenvalue weighted by molar-refractivity contribution is 0.586. The molecule has 1 aromatic rings. The van der Waals surface area contributed by atoms with E-state index in [4.69, 9.17) is 0 Å². The Kier molecular flexibility index (Phi) is 3.51. The van der Waals surface area contributed by atoms with Gasteiger partial charge >= 0.3 is 0 Å². The average Bonchev–Trinajstić information content (AvgIpc) is 2.14. The van der Waals surface area contributed by atoms with Crippen LogP contribution in [0.3, 0.4) is 0 Å². The molecule has 0 N–H and O–H groups in total. The molecule has 0 spiro atoms. The van der Waals surface area contributed by atoms with Crippen molar-refractivity contribution in [1.29, 1.82) is 0 Å². The fourth-order valence-corrected chi connectivity index (χ4v) is 1.13. The summed E-state index contributed by atoms with van der Waals surface area (Å²) in [5, 5.41) is 0. The number of rotatable bonds is 2. The lowest BCUT2D eigenvalue weighted by Crippen LogP contribution is -2.10. The van der Waals surface area contributed by atoms with Crippen LogP contribution in [0.5, 0.6) is 0 Å². The van der Waals surface area contributed by atoms with Crippen molar-refractivity contribution in [2.24, 2.45) is 4.99 Å². The van der Waals surface area contributed by atoms with E-state index in [0.29, 0.717) is 0 Å². The molecule has 0 saturated carbocycles. The fraction of sp³-hybridized carbons (Fsp3) is 0.462. The molecule has 0 fully saturated rings. The van der Waals surface area contributed by atoms with Gasteiger partial charge in [-0.2, -0.15) is 0 Å². The predicted molar refractivity (Wildman–Crippen MR) is 68.1 cm³/mol. The van der Waals surface area contributed by atoms with Crippen LogP contribution in [-0.2, 0) is 0 Å². The molecule has 15 heavy (non-hydrogen) atoms. The highest BCUT2D eigenvalue weighted by molar-refractivity contribution is 5.80. The number of benzene rings is 1. The largest absolute Gasteiger partial charge is 0.378 e. The third kappa shape index (κ3) is 4.15. The van der Waals surface area contributed by atoms with Crippen molar-refractivity contribution in [2.75, 3.05) is 19.0 Å². The number of anilines is 1. The number of hydrogen-bond acceptors (Lipinski definition) is 2. The van der Waals surface area contributed by atoms with Gasteiger partial charge in [0.25, 0.3) is 0 Å². The average molecular weight is 204 g/mol. The zero-order valence-electron chi connectivity index (χ0n) is 10.3. The van der Waals surface area contributed by atoms with Crippen LogP contribution in [0.4, 0.5) is 5.69 Å². The molecule has 2 nitrogen and oxygen atoms in total. The summed E-state index contributed by atoms with van der Waals surface area (Å²) in [6, 6.07) is 8.38. The molecule has 0 saturated heterocycles. The second kappa shape index (κ2) is 4.47. The third-order valence-electron chi connectivity index (χ3n) is 2.01. The van der Waals surface area contributed by atoms with Crippen molar-refractivity contribution in [2.45, 2.75) is 26.3 Å². The van der Waals surface area contributed by atoms with Crippen LogP contribution in [0.15, 0.2) is 29.3 Å². The Morgan fingerprint density at radius 2 is 1.60 bits per heavy atom. The van der Waals surface area contributed by atoms with E-state index in [1.165, 1.54) is 5.69 Å². The van der Waals surface area contributed by atoms with E-state index in [-0.39, 0.29) is 5.54 Å². The summed E-state index contributed by atoms with van der Waals surface area (Å²) in [4.78, 5) is 6.55. The Morgan fingerprint density at radius 1 is 1.07 bits per heavy atom. The van der Waals surface area contributed by atoms with Crippen LogP contribution < -0.4 is 4.90 Å². The third-order valence-corrected chi connectivity index (χ3v) is 2.01. The van der Waals surface area contributed by atoms with Gasteiger partial charge in [-0.3, -0.25) is 4.99 Å². The molecule has 0 atom stereocenters. The van der Waals surface area contributed by atoms with Crippen LogP contribution in [0.2, 0.25) is 0 Å². The van der Waals surface area contributed by atoms with Gasteiger partial charge in [-0.15, -0.1) is 0 Å². The van der Waals surface area contributed by atoms with Gasteiger partial charge < -0.3 is 4.90 Å². The van der Waals surface area contributed by atoms with Gasteiger partial charge in [-0.05, 0) is 38.5 Å². The van der Waals surface area contributed by atoms with Crippen LogP contribution in [0, 0.1) is 0 Å². The van der Waals surface area contributed by atoms with E-state index in [2.05, 4.69) is 54.9 Å². The number of aliphatic imine (C=N–C) groups is 1. The minimum absolute atomic E-state index is 0.000218. The highest BCUT2D eigenvalue weighted by atomic mass is 15.1. The monoisotopic (exact) mass is 204 g/mol. The summed E-state index contributed by atoms with van der Waals surface area (Å²) in [6.45, 7) is 6.28. The van der Waals surface area contributed by atoms with Gasteiger partial charge in [0.15, 0.2) is 0 Å². The molecule has 0 aliphatic heterocycles. The Hall–Kier alpha value is -1.31. The lowest BCUT2D eigenvalue weighted by Gasteiger charge is -2.13. The Bertz CT molecular complexity index is 329. The Balaban J connectivity index is 2.77. The van der Waals surface area contributed by atoms with Gasteiger partial charge in [0.05, 0.1) is 5.54 Å². The van der Waals surface area contributed by atoms with Crippen LogP contribution >= 0.6 is 0 Å². The molecule has 0 radical (unpaired) electrons. The van der Waals surface area contributed by atoms with Gasteiger partial charge in [0, 0.05) is 26.0 Å². The van der Waals surface area contributed by atoms with Crippen LogP contribution in [0.25, 0.3) is 0 Å². The van der Waals surface area contributed by atoms with Crippen molar-refractivity contribution >= 4 is 11.9 Å². The van der Waals surface area contributed by atoms with E-state index in [1.54, 1.807) is 0 Å². The minimum Gasteiger partial charge on any atom is -0.378 e. The van der Waals surface area contributed by atoms with E-state index >= 15 is 0 Å². The first-order valence-corrected chi connectivity index (χ1v) is 5.21. The van der Waals surface area contributed by atoms with E-state index in [1.807, 2.05) is 20.3 Å². The Labute approximate surface area is 92.6 Å². The molecular weight excluding hydrogens is 184 g/mol. The number of nitrogens with zero attached hydrogens (tertiary/aromatic N) is 2. The second-order valence-electron chi connectivity index (χ2n) is 4.91. The maximum absolute atomic E-state index is 4.46. The molecule has 1 rings (SSSR count). The van der Waals surface area contributed by atoms with Crippen molar-refractivity contribution in [1.82, 2.24) is 0 Å². The van der Waals surface area contributed by atoms with Crippen LogP contribution in [0.1, 0.15) is 26.3 Å². The molecular formula is C13H20N2. The molecule has 0 amide bonds. The second-order valence-corrected chi connectivity index (χ2v) is 4.91. The standard InChI is InChI=1S/C13H20N2/c1-13(2,3)14-10-11-6-8-12(9-7-11)15(4)5/h6-10H,1-5H3. The summed E-state index contributed by atoms with van der Waals surface area (Å²) in [7, 11) is 4.08. The molecule has 0 heterocycles. The van der Waals surface area contributed by atoms with Gasteiger partial charge in [0.2, 0.25) is 0 Å². The smallest absolute Gasteiger partial charge is 0.0524 e. The quantitative estimate of drug-likeness (QED) is 0.676. The van der Waals surface area contributed by atoms with Gasteiger partial charge in [0.1, 0.15) is 0 Å². The van der Waals surface area contributed by atoms with Gasteiger partial charge in [-0.25, -0.2) is 0 Å². The maximum Gasteiger partial charge on any atom is 0.0524 e. The van der Waals surface area contributed by atoms with Crippen molar-refractivity contribution in [3.8, 4) is 0 Å². The van der Waals surface area contributed by atoms with Crippen molar-refractivity contribution < 1.29 is 0 Å². The minimum atomic E-state index is 0.000218. The molecule has 82 valence electrons. The lowest BCUT2D eigenvalue weighted by atomic mass is 10.1. The van der Waals surface area contributed by atoms with Crippen molar-refractivity contribution in [3.63, 3.8) is 0 Å². The van der Waals surface area contributed by atoms with Gasteiger partial charge in [-0.1, -0.05) is 12.1 Å². The van der Waals surface area contributed by atoms with E-state index in [0.717, 1.165) is 5.56 Å². The van der Waals surface area contributed by atoms with E-state index < -0.39 is 0 Å².